The molecule has 20 heavy (non-hydrogen) atoms. The maximum atomic E-state index is 12.3. The van der Waals surface area contributed by atoms with Crippen LogP contribution in [-0.2, 0) is 11.2 Å². The highest BCUT2D eigenvalue weighted by Gasteiger charge is 2.30. The van der Waals surface area contributed by atoms with Gasteiger partial charge in [0.15, 0.2) is 0 Å². The Hall–Kier alpha value is -1.88. The van der Waals surface area contributed by atoms with Gasteiger partial charge >= 0.3 is 0 Å². The van der Waals surface area contributed by atoms with E-state index in [0.29, 0.717) is 18.5 Å². The number of rotatable bonds is 5. The zero-order valence-electron chi connectivity index (χ0n) is 12.0. The van der Waals surface area contributed by atoms with Crippen molar-refractivity contribution in [2.24, 2.45) is 0 Å². The van der Waals surface area contributed by atoms with E-state index in [-0.39, 0.29) is 17.9 Å². The SMILES string of the molecule is CNCCc1ccccc1C(=O)NC1CCN(C)C1=O. The Kier molecular flexibility index (Phi) is 4.74. The smallest absolute Gasteiger partial charge is 0.252 e. The Labute approximate surface area is 119 Å². The molecule has 2 N–H and O–H groups in total. The van der Waals surface area contributed by atoms with Crippen molar-refractivity contribution in [3.05, 3.63) is 35.4 Å². The zero-order valence-corrected chi connectivity index (χ0v) is 12.0. The van der Waals surface area contributed by atoms with E-state index >= 15 is 0 Å². The molecule has 0 aromatic heterocycles. The minimum absolute atomic E-state index is 0.00828. The second-order valence-electron chi connectivity index (χ2n) is 5.09. The van der Waals surface area contributed by atoms with Crippen LogP contribution in [-0.4, -0.2) is 49.9 Å². The van der Waals surface area contributed by atoms with Gasteiger partial charge in [0.2, 0.25) is 5.91 Å². The summed E-state index contributed by atoms with van der Waals surface area (Å²) in [6.45, 7) is 1.51. The summed E-state index contributed by atoms with van der Waals surface area (Å²) in [6, 6.07) is 7.15. The molecule has 1 aliphatic rings. The fourth-order valence-corrected chi connectivity index (χ4v) is 2.41. The third-order valence-electron chi connectivity index (χ3n) is 3.64. The van der Waals surface area contributed by atoms with Gasteiger partial charge in [-0.25, -0.2) is 0 Å². The molecule has 1 unspecified atom stereocenters. The normalized spacial score (nSPS) is 18.4. The first kappa shape index (κ1) is 14.5. The largest absolute Gasteiger partial charge is 0.344 e. The molecule has 0 radical (unpaired) electrons. The summed E-state index contributed by atoms with van der Waals surface area (Å²) < 4.78 is 0. The molecule has 5 nitrogen and oxygen atoms in total. The number of hydrogen-bond donors (Lipinski definition) is 2. The summed E-state index contributed by atoms with van der Waals surface area (Å²) in [5.41, 5.74) is 1.66. The van der Waals surface area contributed by atoms with Crippen LogP contribution in [0.4, 0.5) is 0 Å². The summed E-state index contributed by atoms with van der Waals surface area (Å²) in [6.07, 6.45) is 1.47. The van der Waals surface area contributed by atoms with Crippen LogP contribution in [0.25, 0.3) is 0 Å². The molecule has 108 valence electrons. The van der Waals surface area contributed by atoms with Crippen molar-refractivity contribution < 1.29 is 9.59 Å². The van der Waals surface area contributed by atoms with Crippen LogP contribution in [0.1, 0.15) is 22.3 Å². The van der Waals surface area contributed by atoms with E-state index in [9.17, 15) is 9.59 Å². The molecular weight excluding hydrogens is 254 g/mol. The second kappa shape index (κ2) is 6.52. The third-order valence-corrected chi connectivity index (χ3v) is 3.64. The number of likely N-dealkylation sites (tertiary alicyclic amines) is 1. The zero-order chi connectivity index (χ0) is 14.5. The fraction of sp³-hybridized carbons (Fsp3) is 0.467. The first-order valence-corrected chi connectivity index (χ1v) is 6.92. The molecule has 2 amide bonds. The van der Waals surface area contributed by atoms with Gasteiger partial charge in [-0.15, -0.1) is 0 Å². The highest BCUT2D eigenvalue weighted by Crippen LogP contribution is 2.13. The van der Waals surface area contributed by atoms with E-state index < -0.39 is 0 Å². The first-order chi connectivity index (χ1) is 9.63. The van der Waals surface area contributed by atoms with Crippen LogP contribution in [0.2, 0.25) is 0 Å². The molecule has 5 heteroatoms. The van der Waals surface area contributed by atoms with E-state index in [0.717, 1.165) is 18.5 Å². The van der Waals surface area contributed by atoms with Crippen LogP contribution in [0, 0.1) is 0 Å². The lowest BCUT2D eigenvalue weighted by molar-refractivity contribution is -0.128. The molecule has 0 bridgehead atoms. The topological polar surface area (TPSA) is 61.4 Å². The molecule has 0 aliphatic carbocycles. The summed E-state index contributed by atoms with van der Waals surface area (Å²) >= 11 is 0. The molecule has 0 spiro atoms. The van der Waals surface area contributed by atoms with Crippen LogP contribution >= 0.6 is 0 Å². The van der Waals surface area contributed by atoms with E-state index in [4.69, 9.17) is 0 Å². The molecule has 1 fully saturated rings. The number of nitrogens with zero attached hydrogens (tertiary/aromatic N) is 1. The predicted molar refractivity (Wildman–Crippen MR) is 77.6 cm³/mol. The van der Waals surface area contributed by atoms with Gasteiger partial charge in [0, 0.05) is 19.2 Å². The first-order valence-electron chi connectivity index (χ1n) is 6.92. The standard InChI is InChI=1S/C15H21N3O2/c1-16-9-7-11-5-3-4-6-12(11)14(19)17-13-8-10-18(2)15(13)20/h3-6,13,16H,7-10H2,1-2H3,(H,17,19). The van der Waals surface area contributed by atoms with Crippen molar-refractivity contribution >= 4 is 11.8 Å². The summed E-state index contributed by atoms with van der Waals surface area (Å²) in [7, 11) is 3.64. The number of hydrogen-bond acceptors (Lipinski definition) is 3. The second-order valence-corrected chi connectivity index (χ2v) is 5.09. The Balaban J connectivity index is 2.07. The van der Waals surface area contributed by atoms with Crippen LogP contribution in [0.3, 0.4) is 0 Å². The number of carbonyl (C=O) groups excluding carboxylic acids is 2. The van der Waals surface area contributed by atoms with Gasteiger partial charge in [0.1, 0.15) is 6.04 Å². The Morgan fingerprint density at radius 1 is 1.40 bits per heavy atom. The number of nitrogens with one attached hydrogen (secondary N) is 2. The Morgan fingerprint density at radius 2 is 2.15 bits per heavy atom. The van der Waals surface area contributed by atoms with Crippen LogP contribution < -0.4 is 10.6 Å². The molecule has 1 aromatic carbocycles. The van der Waals surface area contributed by atoms with Gasteiger partial charge in [-0.1, -0.05) is 18.2 Å². The fourth-order valence-electron chi connectivity index (χ4n) is 2.41. The Morgan fingerprint density at radius 3 is 2.80 bits per heavy atom. The maximum Gasteiger partial charge on any atom is 0.252 e. The molecule has 1 saturated heterocycles. The molecular formula is C15H21N3O2. The number of benzene rings is 1. The van der Waals surface area contributed by atoms with Crippen molar-refractivity contribution in [1.82, 2.24) is 15.5 Å². The lowest BCUT2D eigenvalue weighted by Crippen LogP contribution is -2.40. The van der Waals surface area contributed by atoms with Crippen molar-refractivity contribution in [2.75, 3.05) is 27.2 Å². The monoisotopic (exact) mass is 275 g/mol. The van der Waals surface area contributed by atoms with Gasteiger partial charge < -0.3 is 15.5 Å². The number of likely N-dealkylation sites (N-methyl/N-ethyl adjacent to an activating group) is 2. The van der Waals surface area contributed by atoms with Crippen LogP contribution in [0.5, 0.6) is 0 Å². The maximum absolute atomic E-state index is 12.3. The highest BCUT2D eigenvalue weighted by molar-refractivity contribution is 5.99. The van der Waals surface area contributed by atoms with Gasteiger partial charge in [-0.2, -0.15) is 0 Å². The van der Waals surface area contributed by atoms with Gasteiger partial charge in [-0.3, -0.25) is 9.59 Å². The van der Waals surface area contributed by atoms with Crippen molar-refractivity contribution in [3.8, 4) is 0 Å². The van der Waals surface area contributed by atoms with Gasteiger partial charge in [0.05, 0.1) is 0 Å². The number of amides is 2. The minimum atomic E-state index is -0.384. The van der Waals surface area contributed by atoms with Crippen molar-refractivity contribution in [3.63, 3.8) is 0 Å². The van der Waals surface area contributed by atoms with Gasteiger partial charge in [0.25, 0.3) is 5.91 Å². The van der Waals surface area contributed by atoms with E-state index in [1.165, 1.54) is 0 Å². The summed E-state index contributed by atoms with van der Waals surface area (Å²) in [5.74, 6) is -0.170. The van der Waals surface area contributed by atoms with E-state index in [1.54, 1.807) is 11.9 Å². The average molecular weight is 275 g/mol. The highest BCUT2D eigenvalue weighted by atomic mass is 16.2. The summed E-state index contributed by atoms with van der Waals surface area (Å²) in [5, 5.41) is 5.92. The lowest BCUT2D eigenvalue weighted by Gasteiger charge is -2.14. The summed E-state index contributed by atoms with van der Waals surface area (Å²) in [4.78, 5) is 25.8. The minimum Gasteiger partial charge on any atom is -0.344 e. The molecule has 1 atom stereocenters. The van der Waals surface area contributed by atoms with Crippen LogP contribution in [0.15, 0.2) is 24.3 Å². The quantitative estimate of drug-likeness (QED) is 0.818. The molecule has 0 saturated carbocycles. The third kappa shape index (κ3) is 3.17. The molecule has 2 rings (SSSR count). The molecule has 1 heterocycles. The average Bonchev–Trinajstić information content (AvgIpc) is 2.77. The number of carbonyl (C=O) groups is 2. The molecule has 1 aliphatic heterocycles. The van der Waals surface area contributed by atoms with E-state index in [1.807, 2.05) is 31.3 Å². The van der Waals surface area contributed by atoms with Crippen molar-refractivity contribution in [2.45, 2.75) is 18.9 Å². The van der Waals surface area contributed by atoms with Gasteiger partial charge in [-0.05, 0) is 38.1 Å². The predicted octanol–water partition coefficient (Wildman–Crippen LogP) is 0.409. The molecule has 1 aromatic rings. The Bertz CT molecular complexity index is 502. The van der Waals surface area contributed by atoms with Crippen molar-refractivity contribution in [1.29, 1.82) is 0 Å². The lowest BCUT2D eigenvalue weighted by atomic mass is 10.0. The van der Waals surface area contributed by atoms with E-state index in [2.05, 4.69) is 10.6 Å².